The fourth-order valence-electron chi connectivity index (χ4n) is 1.28. The topological polar surface area (TPSA) is 73.1 Å². The lowest BCUT2D eigenvalue weighted by atomic mass is 10.3. The molecule has 1 aromatic carbocycles. The van der Waals surface area contributed by atoms with Crippen LogP contribution < -0.4 is 15.8 Å². The van der Waals surface area contributed by atoms with E-state index >= 15 is 0 Å². The lowest BCUT2D eigenvalue weighted by Gasteiger charge is -2.06. The first-order chi connectivity index (χ1) is 8.78. The second kappa shape index (κ2) is 6.32. The molecule has 0 radical (unpaired) electrons. The van der Waals surface area contributed by atoms with Gasteiger partial charge in [-0.1, -0.05) is 15.9 Å². The summed E-state index contributed by atoms with van der Waals surface area (Å²) in [7, 11) is 0. The number of ether oxygens (including phenoxy) is 1. The van der Waals surface area contributed by atoms with Crippen LogP contribution in [0.25, 0.3) is 0 Å². The van der Waals surface area contributed by atoms with Gasteiger partial charge < -0.3 is 15.8 Å². The lowest BCUT2D eigenvalue weighted by molar-refractivity contribution is 0.477. The van der Waals surface area contributed by atoms with Gasteiger partial charge in [-0.3, -0.25) is 0 Å². The van der Waals surface area contributed by atoms with Gasteiger partial charge in [-0.25, -0.2) is 9.97 Å². The molecule has 0 aliphatic heterocycles. The highest BCUT2D eigenvalue weighted by molar-refractivity contribution is 9.10. The summed E-state index contributed by atoms with van der Waals surface area (Å²) in [5, 5.41) is 2.98. The van der Waals surface area contributed by atoms with E-state index in [9.17, 15) is 0 Å². The first-order valence-corrected chi connectivity index (χ1v) is 6.26. The van der Waals surface area contributed by atoms with Crippen molar-refractivity contribution in [3.63, 3.8) is 0 Å². The molecule has 18 heavy (non-hydrogen) atoms. The van der Waals surface area contributed by atoms with Crippen LogP contribution in [-0.4, -0.2) is 23.1 Å². The summed E-state index contributed by atoms with van der Waals surface area (Å²) in [6.45, 7) is 1.19. The van der Waals surface area contributed by atoms with Crippen LogP contribution in [0.3, 0.4) is 0 Å². The molecular weight excluding hydrogens is 296 g/mol. The molecule has 94 valence electrons. The van der Waals surface area contributed by atoms with Gasteiger partial charge in [0.15, 0.2) is 5.75 Å². The molecule has 1 aromatic heterocycles. The van der Waals surface area contributed by atoms with E-state index in [1.807, 2.05) is 24.3 Å². The molecule has 0 atom stereocenters. The number of rotatable bonds is 5. The largest absolute Gasteiger partial charge is 0.454 e. The van der Waals surface area contributed by atoms with Crippen LogP contribution in [0.1, 0.15) is 0 Å². The molecule has 0 amide bonds. The number of nitrogens with zero attached hydrogens (tertiary/aromatic N) is 2. The van der Waals surface area contributed by atoms with Crippen LogP contribution in [0.4, 0.5) is 5.95 Å². The molecule has 1 heterocycles. The van der Waals surface area contributed by atoms with Crippen molar-refractivity contribution < 1.29 is 4.74 Å². The van der Waals surface area contributed by atoms with Crippen molar-refractivity contribution in [3.8, 4) is 11.5 Å². The van der Waals surface area contributed by atoms with E-state index in [2.05, 4.69) is 31.2 Å². The van der Waals surface area contributed by atoms with Crippen molar-refractivity contribution in [2.24, 2.45) is 5.73 Å². The van der Waals surface area contributed by atoms with Crippen molar-refractivity contribution in [3.05, 3.63) is 41.1 Å². The maximum Gasteiger partial charge on any atom is 0.222 e. The van der Waals surface area contributed by atoms with Gasteiger partial charge in [0.05, 0.1) is 12.4 Å². The molecule has 0 aliphatic carbocycles. The number of hydrogen-bond donors (Lipinski definition) is 2. The standard InChI is InChI=1S/C12H13BrN4O/c13-9-1-3-10(4-2-9)18-11-7-16-12(17-8-11)15-6-5-14/h1-4,7-8H,5-6,14H2,(H,15,16,17). The van der Waals surface area contributed by atoms with Gasteiger partial charge in [0.2, 0.25) is 5.95 Å². The van der Waals surface area contributed by atoms with E-state index in [1.54, 1.807) is 12.4 Å². The smallest absolute Gasteiger partial charge is 0.222 e. The van der Waals surface area contributed by atoms with Crippen molar-refractivity contribution in [1.29, 1.82) is 0 Å². The Bertz CT molecular complexity index is 486. The van der Waals surface area contributed by atoms with Crippen LogP contribution in [0.2, 0.25) is 0 Å². The first kappa shape index (κ1) is 12.8. The van der Waals surface area contributed by atoms with Gasteiger partial charge in [0, 0.05) is 17.6 Å². The Morgan fingerprint density at radius 1 is 1.11 bits per heavy atom. The third-order valence-electron chi connectivity index (χ3n) is 2.10. The maximum absolute atomic E-state index is 5.59. The summed E-state index contributed by atoms with van der Waals surface area (Å²) in [6.07, 6.45) is 3.24. The predicted octanol–water partition coefficient (Wildman–Crippen LogP) is 2.40. The number of benzene rings is 1. The van der Waals surface area contributed by atoms with E-state index < -0.39 is 0 Å². The van der Waals surface area contributed by atoms with Crippen molar-refractivity contribution in [2.75, 3.05) is 18.4 Å². The van der Waals surface area contributed by atoms with Gasteiger partial charge in [-0.05, 0) is 24.3 Å². The van der Waals surface area contributed by atoms with Crippen LogP contribution in [0, 0.1) is 0 Å². The van der Waals surface area contributed by atoms with Crippen LogP contribution in [0.15, 0.2) is 41.1 Å². The van der Waals surface area contributed by atoms with Crippen molar-refractivity contribution in [1.82, 2.24) is 9.97 Å². The molecule has 0 bridgehead atoms. The molecule has 0 fully saturated rings. The van der Waals surface area contributed by atoms with Crippen molar-refractivity contribution in [2.45, 2.75) is 0 Å². The van der Waals surface area contributed by atoms with E-state index in [1.165, 1.54) is 0 Å². The monoisotopic (exact) mass is 308 g/mol. The number of anilines is 1. The molecule has 3 N–H and O–H groups in total. The van der Waals surface area contributed by atoms with Gasteiger partial charge in [-0.2, -0.15) is 0 Å². The minimum atomic E-state index is 0.542. The third-order valence-corrected chi connectivity index (χ3v) is 2.63. The highest BCUT2D eigenvalue weighted by Crippen LogP contribution is 2.22. The van der Waals surface area contributed by atoms with E-state index in [4.69, 9.17) is 10.5 Å². The second-order valence-corrected chi connectivity index (χ2v) is 4.43. The molecule has 5 nitrogen and oxygen atoms in total. The summed E-state index contributed by atoms with van der Waals surface area (Å²) in [6, 6.07) is 7.55. The molecule has 6 heteroatoms. The lowest BCUT2D eigenvalue weighted by Crippen LogP contribution is -2.14. The minimum absolute atomic E-state index is 0.542. The average Bonchev–Trinajstić information content (AvgIpc) is 2.41. The number of hydrogen-bond acceptors (Lipinski definition) is 5. The van der Waals surface area contributed by atoms with Gasteiger partial charge >= 0.3 is 0 Å². The molecule has 0 aliphatic rings. The number of halogens is 1. The Kier molecular flexibility index (Phi) is 4.49. The van der Waals surface area contributed by atoms with Gasteiger partial charge in [0.25, 0.3) is 0 Å². The summed E-state index contributed by atoms with van der Waals surface area (Å²) in [5.74, 6) is 1.88. The molecule has 0 saturated carbocycles. The summed E-state index contributed by atoms with van der Waals surface area (Å²) < 4.78 is 6.60. The Labute approximate surface area is 114 Å². The SMILES string of the molecule is NCCNc1ncc(Oc2ccc(Br)cc2)cn1. The Balaban J connectivity index is 1.99. The Morgan fingerprint density at radius 2 is 1.78 bits per heavy atom. The highest BCUT2D eigenvalue weighted by Gasteiger charge is 1.99. The molecule has 0 saturated heterocycles. The fourth-order valence-corrected chi connectivity index (χ4v) is 1.55. The number of nitrogens with one attached hydrogen (secondary N) is 1. The van der Waals surface area contributed by atoms with E-state index in [-0.39, 0.29) is 0 Å². The summed E-state index contributed by atoms with van der Waals surface area (Å²) in [4.78, 5) is 8.24. The maximum atomic E-state index is 5.59. The molecule has 0 unspecified atom stereocenters. The van der Waals surface area contributed by atoms with E-state index in [0.29, 0.717) is 24.8 Å². The summed E-state index contributed by atoms with van der Waals surface area (Å²) >= 11 is 3.37. The molecule has 2 aromatic rings. The zero-order valence-corrected chi connectivity index (χ0v) is 11.2. The predicted molar refractivity (Wildman–Crippen MR) is 73.8 cm³/mol. The van der Waals surface area contributed by atoms with Crippen LogP contribution in [0.5, 0.6) is 11.5 Å². The zero-order valence-electron chi connectivity index (χ0n) is 9.64. The van der Waals surface area contributed by atoms with E-state index in [0.717, 1.165) is 10.2 Å². The number of nitrogens with two attached hydrogens (primary N) is 1. The normalized spacial score (nSPS) is 10.1. The van der Waals surface area contributed by atoms with Gasteiger partial charge in [0.1, 0.15) is 5.75 Å². The number of aromatic nitrogens is 2. The zero-order chi connectivity index (χ0) is 12.8. The van der Waals surface area contributed by atoms with Crippen LogP contribution in [-0.2, 0) is 0 Å². The fraction of sp³-hybridized carbons (Fsp3) is 0.167. The third kappa shape index (κ3) is 3.68. The molecule has 0 spiro atoms. The first-order valence-electron chi connectivity index (χ1n) is 5.47. The second-order valence-electron chi connectivity index (χ2n) is 3.51. The Hall–Kier alpha value is -1.66. The van der Waals surface area contributed by atoms with Crippen molar-refractivity contribution >= 4 is 21.9 Å². The van der Waals surface area contributed by atoms with Gasteiger partial charge in [-0.15, -0.1) is 0 Å². The summed E-state index contributed by atoms with van der Waals surface area (Å²) in [5.41, 5.74) is 5.37. The molecule has 2 rings (SSSR count). The highest BCUT2D eigenvalue weighted by atomic mass is 79.9. The Morgan fingerprint density at radius 3 is 2.39 bits per heavy atom. The minimum Gasteiger partial charge on any atom is -0.454 e. The quantitative estimate of drug-likeness (QED) is 0.887. The molecular formula is C12H13BrN4O. The average molecular weight is 309 g/mol. The van der Waals surface area contributed by atoms with Crippen LogP contribution >= 0.6 is 15.9 Å².